The van der Waals surface area contributed by atoms with Crippen molar-refractivity contribution in [2.75, 3.05) is 0 Å². The molecule has 0 aromatic heterocycles. The summed E-state index contributed by atoms with van der Waals surface area (Å²) in [5.74, 6) is -0.126. The van der Waals surface area contributed by atoms with Gasteiger partial charge in [-0.25, -0.2) is 0 Å². The lowest BCUT2D eigenvalue weighted by atomic mass is 9.84. The van der Waals surface area contributed by atoms with Gasteiger partial charge >= 0.3 is 6.18 Å². The highest BCUT2D eigenvalue weighted by molar-refractivity contribution is 5.40. The van der Waals surface area contributed by atoms with Crippen molar-refractivity contribution in [1.29, 1.82) is 0 Å². The molecule has 0 fully saturated rings. The van der Waals surface area contributed by atoms with Crippen LogP contribution in [0.1, 0.15) is 39.3 Å². The van der Waals surface area contributed by atoms with Gasteiger partial charge in [-0.2, -0.15) is 13.2 Å². The Morgan fingerprint density at radius 1 is 0.731 bits per heavy atom. The first kappa shape index (κ1) is 18.2. The van der Waals surface area contributed by atoms with Crippen LogP contribution >= 0.6 is 0 Å². The van der Waals surface area contributed by atoms with Gasteiger partial charge in [-0.3, -0.25) is 0 Å². The third-order valence-corrected chi connectivity index (χ3v) is 4.59. The summed E-state index contributed by atoms with van der Waals surface area (Å²) in [6.45, 7) is 3.72. The second-order valence-electron chi connectivity index (χ2n) is 6.78. The van der Waals surface area contributed by atoms with Gasteiger partial charge in [0, 0.05) is 5.92 Å². The Morgan fingerprint density at radius 3 is 2.00 bits per heavy atom. The number of halogens is 3. The summed E-state index contributed by atoms with van der Waals surface area (Å²) in [4.78, 5) is 0. The minimum Gasteiger partial charge on any atom is -0.166 e. The molecule has 3 aromatic carbocycles. The summed E-state index contributed by atoms with van der Waals surface area (Å²) in [7, 11) is 0. The Kier molecular flexibility index (Phi) is 5.17. The largest absolute Gasteiger partial charge is 0.416 e. The van der Waals surface area contributed by atoms with Gasteiger partial charge in [0.2, 0.25) is 0 Å². The van der Waals surface area contributed by atoms with Crippen LogP contribution in [0, 0.1) is 13.8 Å². The maximum atomic E-state index is 13.3. The van der Waals surface area contributed by atoms with E-state index in [4.69, 9.17) is 0 Å². The standard InChI is InChI=1S/C23H21F3/c1-16-8-10-19(11-9-16)22(14-18-6-4-3-5-7-18)20-12-17(2)13-21(15-20)23(24,25)26/h3-13,15,22H,14H2,1-2H3/t22-/m0/s1. The van der Waals surface area contributed by atoms with Crippen molar-refractivity contribution in [1.82, 2.24) is 0 Å². The minimum atomic E-state index is -4.34. The van der Waals surface area contributed by atoms with Crippen LogP contribution in [0.5, 0.6) is 0 Å². The summed E-state index contributed by atoms with van der Waals surface area (Å²) in [6.07, 6.45) is -3.68. The van der Waals surface area contributed by atoms with E-state index in [-0.39, 0.29) is 5.92 Å². The SMILES string of the molecule is Cc1ccc([C@H](Cc2ccccc2)c2cc(C)cc(C(F)(F)F)c2)cc1. The summed E-state index contributed by atoms with van der Waals surface area (Å²) in [5, 5.41) is 0. The summed E-state index contributed by atoms with van der Waals surface area (Å²) < 4.78 is 39.9. The Labute approximate surface area is 152 Å². The van der Waals surface area contributed by atoms with Crippen LogP contribution in [0.15, 0.2) is 72.8 Å². The van der Waals surface area contributed by atoms with Gasteiger partial charge in [0.15, 0.2) is 0 Å². The number of aryl methyl sites for hydroxylation is 2. The number of hydrogen-bond acceptors (Lipinski definition) is 0. The topological polar surface area (TPSA) is 0 Å². The molecule has 0 aliphatic rings. The van der Waals surface area contributed by atoms with Crippen molar-refractivity contribution < 1.29 is 13.2 Å². The molecule has 3 heteroatoms. The fraction of sp³-hybridized carbons (Fsp3) is 0.217. The maximum Gasteiger partial charge on any atom is 0.416 e. The Balaban J connectivity index is 2.08. The molecular weight excluding hydrogens is 333 g/mol. The fourth-order valence-corrected chi connectivity index (χ4v) is 3.25. The van der Waals surface area contributed by atoms with E-state index in [1.165, 1.54) is 12.1 Å². The second-order valence-corrected chi connectivity index (χ2v) is 6.78. The van der Waals surface area contributed by atoms with Crippen LogP contribution in [0.3, 0.4) is 0 Å². The first-order chi connectivity index (χ1) is 12.3. The minimum absolute atomic E-state index is 0.126. The fourth-order valence-electron chi connectivity index (χ4n) is 3.25. The molecule has 0 N–H and O–H groups in total. The van der Waals surface area contributed by atoms with E-state index in [0.29, 0.717) is 17.5 Å². The zero-order valence-electron chi connectivity index (χ0n) is 14.8. The van der Waals surface area contributed by atoms with Gasteiger partial charge in [0.25, 0.3) is 0 Å². The Hall–Kier alpha value is -2.55. The molecular formula is C23H21F3. The van der Waals surface area contributed by atoms with E-state index in [0.717, 1.165) is 16.7 Å². The Bertz CT molecular complexity index is 862. The summed E-state index contributed by atoms with van der Waals surface area (Å²) >= 11 is 0. The molecule has 134 valence electrons. The molecule has 0 radical (unpaired) electrons. The molecule has 0 amide bonds. The van der Waals surface area contributed by atoms with E-state index in [1.54, 1.807) is 6.92 Å². The molecule has 26 heavy (non-hydrogen) atoms. The van der Waals surface area contributed by atoms with Crippen LogP contribution < -0.4 is 0 Å². The molecule has 1 atom stereocenters. The normalized spacial score (nSPS) is 12.8. The Morgan fingerprint density at radius 2 is 1.38 bits per heavy atom. The monoisotopic (exact) mass is 354 g/mol. The van der Waals surface area contributed by atoms with E-state index >= 15 is 0 Å². The highest BCUT2D eigenvalue weighted by Gasteiger charge is 2.31. The van der Waals surface area contributed by atoms with Crippen LogP contribution in [0.4, 0.5) is 13.2 Å². The summed E-state index contributed by atoms with van der Waals surface area (Å²) in [6, 6.07) is 22.3. The van der Waals surface area contributed by atoms with Crippen molar-refractivity contribution in [2.45, 2.75) is 32.4 Å². The predicted octanol–water partition coefficient (Wildman–Crippen LogP) is 6.70. The number of rotatable bonds is 4. The van der Waals surface area contributed by atoms with Gasteiger partial charge in [-0.15, -0.1) is 0 Å². The van der Waals surface area contributed by atoms with Gasteiger partial charge in [0.05, 0.1) is 5.56 Å². The highest BCUT2D eigenvalue weighted by Crippen LogP contribution is 2.35. The molecule has 0 heterocycles. The van der Waals surface area contributed by atoms with Gasteiger partial charge in [0.1, 0.15) is 0 Å². The van der Waals surface area contributed by atoms with E-state index in [1.807, 2.05) is 67.6 Å². The van der Waals surface area contributed by atoms with Crippen LogP contribution in [0.2, 0.25) is 0 Å². The first-order valence-electron chi connectivity index (χ1n) is 8.62. The lowest BCUT2D eigenvalue weighted by Gasteiger charge is -2.21. The van der Waals surface area contributed by atoms with Crippen LogP contribution in [-0.2, 0) is 12.6 Å². The number of hydrogen-bond donors (Lipinski definition) is 0. The maximum absolute atomic E-state index is 13.3. The zero-order chi connectivity index (χ0) is 18.7. The van der Waals surface area contributed by atoms with Gasteiger partial charge in [-0.1, -0.05) is 71.8 Å². The van der Waals surface area contributed by atoms with Crippen molar-refractivity contribution in [2.24, 2.45) is 0 Å². The molecule has 0 aliphatic heterocycles. The van der Waals surface area contributed by atoms with Crippen LogP contribution in [0.25, 0.3) is 0 Å². The second kappa shape index (κ2) is 7.36. The van der Waals surface area contributed by atoms with Crippen molar-refractivity contribution in [3.8, 4) is 0 Å². The van der Waals surface area contributed by atoms with E-state index < -0.39 is 11.7 Å². The lowest BCUT2D eigenvalue weighted by molar-refractivity contribution is -0.137. The molecule has 0 nitrogen and oxygen atoms in total. The number of benzene rings is 3. The smallest absolute Gasteiger partial charge is 0.166 e. The van der Waals surface area contributed by atoms with E-state index in [2.05, 4.69) is 0 Å². The third-order valence-electron chi connectivity index (χ3n) is 4.59. The van der Waals surface area contributed by atoms with E-state index in [9.17, 15) is 13.2 Å². The van der Waals surface area contributed by atoms with Crippen molar-refractivity contribution in [3.05, 3.63) is 106 Å². The van der Waals surface area contributed by atoms with Crippen molar-refractivity contribution in [3.63, 3.8) is 0 Å². The van der Waals surface area contributed by atoms with Gasteiger partial charge in [-0.05, 0) is 49.1 Å². The van der Waals surface area contributed by atoms with Gasteiger partial charge < -0.3 is 0 Å². The molecule has 0 bridgehead atoms. The molecule has 0 saturated carbocycles. The van der Waals surface area contributed by atoms with Crippen LogP contribution in [-0.4, -0.2) is 0 Å². The average molecular weight is 354 g/mol. The number of alkyl halides is 3. The molecule has 3 rings (SSSR count). The zero-order valence-corrected chi connectivity index (χ0v) is 14.8. The average Bonchev–Trinajstić information content (AvgIpc) is 2.60. The predicted molar refractivity (Wildman–Crippen MR) is 99.3 cm³/mol. The highest BCUT2D eigenvalue weighted by atomic mass is 19.4. The third kappa shape index (κ3) is 4.34. The summed E-state index contributed by atoms with van der Waals surface area (Å²) in [5.41, 5.74) is 4.00. The molecule has 0 saturated heterocycles. The van der Waals surface area contributed by atoms with Crippen molar-refractivity contribution >= 4 is 0 Å². The molecule has 0 aliphatic carbocycles. The first-order valence-corrected chi connectivity index (χ1v) is 8.62. The quantitative estimate of drug-likeness (QED) is 0.489. The lowest BCUT2D eigenvalue weighted by Crippen LogP contribution is -2.10. The molecule has 0 unspecified atom stereocenters. The molecule has 3 aromatic rings. The molecule has 0 spiro atoms.